The molecule has 5 unspecified atom stereocenters. The Morgan fingerprint density at radius 2 is 1.57 bits per heavy atom. The number of phenols is 1. The summed E-state index contributed by atoms with van der Waals surface area (Å²) in [6.45, 7) is 8.00. The number of carbonyl (C=O) groups excluding carboxylic acids is 4. The topological polar surface area (TPSA) is 214 Å². The molecule has 14 heteroatoms. The molecule has 3 aliphatic rings. The number of aliphatic hydroxyl groups excluding tert-OH is 3. The number of anilines is 1. The van der Waals surface area contributed by atoms with Gasteiger partial charge in [0.2, 0.25) is 12.1 Å². The van der Waals surface area contributed by atoms with Gasteiger partial charge in [-0.3, -0.25) is 19.3 Å². The van der Waals surface area contributed by atoms with Crippen molar-refractivity contribution < 1.29 is 49.4 Å². The number of ether oxygens (including phenoxy) is 1. The Bertz CT molecular complexity index is 1730. The molecule has 0 radical (unpaired) electrons. The number of rotatable bonds is 17. The van der Waals surface area contributed by atoms with Crippen LogP contribution in [0.2, 0.25) is 0 Å². The van der Waals surface area contributed by atoms with Gasteiger partial charge in [0, 0.05) is 49.8 Å². The fraction of sp³-hybridized carbons (Fsp3) is 0.667. The van der Waals surface area contributed by atoms with Crippen molar-refractivity contribution in [1.82, 2.24) is 9.80 Å². The molecule has 1 saturated carbocycles. The average Bonchev–Trinajstić information content (AvgIpc) is 3.08. The first-order chi connectivity index (χ1) is 26.2. The molecular weight excluding hydrogens is 720 g/mol. The van der Waals surface area contributed by atoms with Gasteiger partial charge in [-0.05, 0) is 56.3 Å². The fourth-order valence-electron chi connectivity index (χ4n) is 8.71. The maximum absolute atomic E-state index is 14.4. The van der Waals surface area contributed by atoms with Gasteiger partial charge in [-0.1, -0.05) is 79.1 Å². The van der Waals surface area contributed by atoms with E-state index in [1.807, 2.05) is 20.8 Å². The van der Waals surface area contributed by atoms with E-state index in [-0.39, 0.29) is 42.6 Å². The first-order valence-corrected chi connectivity index (χ1v) is 20.0. The third-order valence-corrected chi connectivity index (χ3v) is 11.3. The molecule has 0 bridgehead atoms. The number of nitrogens with two attached hydrogens (primary N) is 1. The highest BCUT2D eigenvalue weighted by atomic mass is 16.6. The van der Waals surface area contributed by atoms with Crippen molar-refractivity contribution in [2.24, 2.45) is 23.0 Å². The zero-order chi connectivity index (χ0) is 41.9. The second-order valence-electron chi connectivity index (χ2n) is 17.5. The molecule has 1 fully saturated rings. The minimum absolute atomic E-state index is 0.0340. The number of unbranched alkanes of at least 4 members (excludes halogenated alkanes) is 8. The van der Waals surface area contributed by atoms with Gasteiger partial charge < -0.3 is 45.8 Å². The van der Waals surface area contributed by atoms with Crippen molar-refractivity contribution in [3.8, 4) is 5.75 Å². The van der Waals surface area contributed by atoms with Gasteiger partial charge in [0.15, 0.2) is 11.4 Å². The smallest absolute Gasteiger partial charge is 0.412 e. The summed E-state index contributed by atoms with van der Waals surface area (Å²) in [5, 5.41) is 57.7. The Hall–Kier alpha value is -4.14. The van der Waals surface area contributed by atoms with Crippen LogP contribution in [0.3, 0.4) is 0 Å². The monoisotopic (exact) mass is 784 g/mol. The van der Waals surface area contributed by atoms with Crippen LogP contribution >= 0.6 is 0 Å². The molecule has 312 valence electrons. The number of ketones is 2. The van der Waals surface area contributed by atoms with Crippen LogP contribution in [-0.2, 0) is 32.1 Å². The number of carbonyl (C=O) groups is 4. The zero-order valence-electron chi connectivity index (χ0n) is 34.5. The SMILES string of the molecule is CCCCCCCCCCCC(O)OC(=O)N(Cc1cc(N(C)C)c2c(c1O)C(O)=C1C(=O)C3(O)C(O)=C(C(N)=O)C(=O)C(N(C)C)C3CC1C2)CC(C)(C)C. The lowest BCUT2D eigenvalue weighted by atomic mass is 9.57. The number of aromatic hydroxyl groups is 1. The van der Waals surface area contributed by atoms with Crippen molar-refractivity contribution in [1.29, 1.82) is 0 Å². The van der Waals surface area contributed by atoms with E-state index < -0.39 is 81.6 Å². The molecule has 7 N–H and O–H groups in total. The number of aliphatic hydroxyl groups is 4. The van der Waals surface area contributed by atoms with E-state index in [4.69, 9.17) is 10.5 Å². The highest BCUT2D eigenvalue weighted by molar-refractivity contribution is 6.24. The highest BCUT2D eigenvalue weighted by Crippen LogP contribution is 2.54. The second kappa shape index (κ2) is 18.0. The van der Waals surface area contributed by atoms with E-state index >= 15 is 0 Å². The molecule has 1 aromatic rings. The van der Waals surface area contributed by atoms with Gasteiger partial charge >= 0.3 is 6.09 Å². The minimum Gasteiger partial charge on any atom is -0.508 e. The highest BCUT2D eigenvalue weighted by Gasteiger charge is 2.64. The molecule has 0 aromatic heterocycles. The number of amides is 2. The zero-order valence-corrected chi connectivity index (χ0v) is 34.5. The number of benzene rings is 1. The van der Waals surface area contributed by atoms with E-state index in [0.29, 0.717) is 24.1 Å². The predicted molar refractivity (Wildman–Crippen MR) is 213 cm³/mol. The Morgan fingerprint density at radius 1 is 0.982 bits per heavy atom. The van der Waals surface area contributed by atoms with Crippen LogP contribution in [0.1, 0.15) is 115 Å². The molecule has 56 heavy (non-hydrogen) atoms. The summed E-state index contributed by atoms with van der Waals surface area (Å²) >= 11 is 0. The van der Waals surface area contributed by atoms with Crippen LogP contribution in [0.4, 0.5) is 10.5 Å². The van der Waals surface area contributed by atoms with Gasteiger partial charge in [-0.15, -0.1) is 0 Å². The van der Waals surface area contributed by atoms with E-state index in [2.05, 4.69) is 6.92 Å². The van der Waals surface area contributed by atoms with E-state index in [1.165, 1.54) is 41.9 Å². The molecular formula is C42H64N4O10. The first kappa shape index (κ1) is 44.6. The van der Waals surface area contributed by atoms with Gasteiger partial charge in [0.1, 0.15) is 22.8 Å². The van der Waals surface area contributed by atoms with Crippen molar-refractivity contribution in [2.45, 2.75) is 129 Å². The van der Waals surface area contributed by atoms with Crippen LogP contribution in [0.5, 0.6) is 5.75 Å². The molecule has 0 spiro atoms. The molecule has 3 aliphatic carbocycles. The number of Topliss-reactive ketones (excluding diaryl/α,β-unsaturated/α-hetero) is 2. The van der Waals surface area contributed by atoms with E-state index in [9.17, 15) is 44.7 Å². The number of likely N-dealkylation sites (N-methyl/N-ethyl adjacent to an activating group) is 1. The molecule has 14 nitrogen and oxygen atoms in total. The van der Waals surface area contributed by atoms with Crippen LogP contribution in [0, 0.1) is 17.3 Å². The van der Waals surface area contributed by atoms with Crippen LogP contribution in [0.25, 0.3) is 5.76 Å². The van der Waals surface area contributed by atoms with Gasteiger partial charge in [0.05, 0.1) is 18.2 Å². The molecule has 5 atom stereocenters. The lowest BCUT2D eigenvalue weighted by Crippen LogP contribution is -2.65. The largest absolute Gasteiger partial charge is 0.508 e. The normalized spacial score (nSPS) is 22.8. The van der Waals surface area contributed by atoms with E-state index in [1.54, 1.807) is 39.2 Å². The number of hydrogen-bond donors (Lipinski definition) is 6. The Balaban J connectivity index is 1.66. The maximum Gasteiger partial charge on any atom is 0.412 e. The van der Waals surface area contributed by atoms with E-state index in [0.717, 1.165) is 19.3 Å². The third-order valence-electron chi connectivity index (χ3n) is 11.3. The summed E-state index contributed by atoms with van der Waals surface area (Å²) in [5.74, 6) is -7.33. The lowest BCUT2D eigenvalue weighted by Gasteiger charge is -2.50. The summed E-state index contributed by atoms with van der Waals surface area (Å²) < 4.78 is 5.50. The summed E-state index contributed by atoms with van der Waals surface area (Å²) in [5.41, 5.74) is 2.37. The number of phenolic OH excluding ortho intramolecular Hbond substituents is 1. The van der Waals surface area contributed by atoms with Crippen LogP contribution in [0.15, 0.2) is 23.0 Å². The number of hydrogen-bond acceptors (Lipinski definition) is 12. The standard InChI is InChI=1S/C42H64N4O10/c1-9-10-11-12-13-14-15-16-17-18-29(47)56-40(54)46(23-41(2,3)4)22-25-21-28(44(5)6)26-19-24-20-27-33(45(7)8)36(50)32(39(43)53)38(52)42(27,55)37(51)30(24)35(49)31(26)34(25)48/h21,24,27,29,33,47-49,52,55H,9-20,22-23H2,1-8H3,(H2,43,53). The molecule has 2 amide bonds. The summed E-state index contributed by atoms with van der Waals surface area (Å²) in [4.78, 5) is 58.4. The molecule has 0 heterocycles. The van der Waals surface area contributed by atoms with Gasteiger partial charge in [0.25, 0.3) is 5.91 Å². The molecule has 4 rings (SSSR count). The third kappa shape index (κ3) is 9.18. The lowest BCUT2D eigenvalue weighted by molar-refractivity contribution is -0.153. The van der Waals surface area contributed by atoms with Crippen LogP contribution < -0.4 is 10.6 Å². The number of nitrogens with zero attached hydrogens (tertiary/aromatic N) is 3. The Kier molecular flexibility index (Phi) is 14.3. The van der Waals surface area contributed by atoms with Gasteiger partial charge in [-0.2, -0.15) is 0 Å². The number of primary amides is 1. The minimum atomic E-state index is -2.76. The molecule has 0 aliphatic heterocycles. The molecule has 0 saturated heterocycles. The first-order valence-electron chi connectivity index (χ1n) is 20.0. The summed E-state index contributed by atoms with van der Waals surface area (Å²) in [7, 11) is 6.65. The Morgan fingerprint density at radius 3 is 2.11 bits per heavy atom. The quantitative estimate of drug-likeness (QED) is 0.0679. The fourth-order valence-corrected chi connectivity index (χ4v) is 8.71. The van der Waals surface area contributed by atoms with Crippen molar-refractivity contribution in [2.75, 3.05) is 39.6 Å². The molecule has 1 aromatic carbocycles. The second-order valence-corrected chi connectivity index (χ2v) is 17.5. The van der Waals surface area contributed by atoms with Gasteiger partial charge in [-0.25, -0.2) is 4.79 Å². The maximum atomic E-state index is 14.4. The average molecular weight is 785 g/mol. The number of fused-ring (bicyclic) bond motifs is 3. The van der Waals surface area contributed by atoms with Crippen molar-refractivity contribution in [3.05, 3.63) is 39.7 Å². The van der Waals surface area contributed by atoms with Crippen LogP contribution in [-0.4, -0.2) is 112 Å². The Labute approximate surface area is 331 Å². The predicted octanol–water partition coefficient (Wildman–Crippen LogP) is 5.25. The van der Waals surface area contributed by atoms with Crippen molar-refractivity contribution >= 4 is 35.0 Å². The summed E-state index contributed by atoms with van der Waals surface area (Å²) in [6, 6.07) is 0.518. The summed E-state index contributed by atoms with van der Waals surface area (Å²) in [6.07, 6.45) is 8.23. The van der Waals surface area contributed by atoms with Crippen molar-refractivity contribution in [3.63, 3.8) is 0 Å².